The van der Waals surface area contributed by atoms with Crippen molar-refractivity contribution in [3.05, 3.63) is 24.1 Å². The number of anilines is 1. The van der Waals surface area contributed by atoms with Crippen molar-refractivity contribution >= 4 is 11.7 Å². The molecule has 0 radical (unpaired) electrons. The summed E-state index contributed by atoms with van der Waals surface area (Å²) in [6, 6.07) is 2.92. The van der Waals surface area contributed by atoms with Gasteiger partial charge in [-0.25, -0.2) is 9.37 Å². The molecule has 0 amide bonds. The maximum atomic E-state index is 12.8. The van der Waals surface area contributed by atoms with Gasteiger partial charge in [0.05, 0.1) is 12.8 Å². The molecule has 3 N–H and O–H groups in total. The van der Waals surface area contributed by atoms with Crippen molar-refractivity contribution in [2.75, 3.05) is 31.7 Å². The number of aromatic nitrogens is 1. The van der Waals surface area contributed by atoms with Crippen LogP contribution in [0.2, 0.25) is 0 Å². The van der Waals surface area contributed by atoms with E-state index in [1.54, 1.807) is 13.2 Å². The van der Waals surface area contributed by atoms with Crippen molar-refractivity contribution in [2.45, 2.75) is 6.42 Å². The number of rotatable bonds is 7. The minimum Gasteiger partial charge on any atom is -0.409 e. The fraction of sp³-hybridized carbons (Fsp3) is 0.455. The van der Waals surface area contributed by atoms with Gasteiger partial charge in [0.15, 0.2) is 0 Å². The first-order valence-electron chi connectivity index (χ1n) is 5.49. The summed E-state index contributed by atoms with van der Waals surface area (Å²) in [6.45, 7) is 1.61. The van der Waals surface area contributed by atoms with Crippen molar-refractivity contribution in [1.29, 1.82) is 0 Å². The van der Waals surface area contributed by atoms with Gasteiger partial charge in [-0.1, -0.05) is 5.16 Å². The molecule has 0 saturated heterocycles. The Kier molecular flexibility index (Phi) is 5.86. The summed E-state index contributed by atoms with van der Waals surface area (Å²) >= 11 is 0. The number of amidine groups is 1. The summed E-state index contributed by atoms with van der Waals surface area (Å²) in [5.74, 6) is 0.376. The van der Waals surface area contributed by atoms with Crippen LogP contribution in [0.4, 0.5) is 10.2 Å². The summed E-state index contributed by atoms with van der Waals surface area (Å²) in [6.07, 6.45) is 1.54. The summed E-state index contributed by atoms with van der Waals surface area (Å²) < 4.78 is 17.8. The topological polar surface area (TPSA) is 84.0 Å². The Morgan fingerprint density at radius 2 is 2.33 bits per heavy atom. The zero-order valence-electron chi connectivity index (χ0n) is 10.2. The summed E-state index contributed by atoms with van der Waals surface area (Å²) in [5, 5.41) is 11.4. The predicted molar refractivity (Wildman–Crippen MR) is 66.3 cm³/mol. The Hall–Kier alpha value is -1.89. The highest BCUT2D eigenvalue weighted by Crippen LogP contribution is 2.11. The second-order valence-electron chi connectivity index (χ2n) is 3.66. The lowest BCUT2D eigenvalue weighted by molar-refractivity contribution is 0.205. The lowest BCUT2D eigenvalue weighted by Gasteiger charge is -2.22. The Labute approximate surface area is 105 Å². The molecule has 0 aromatic carbocycles. The standard InChI is InChI=1S/C11H17FN4O2/c1-18-7-6-16(5-4-10(13)15-17)11-3-2-9(12)8-14-11/h2-3,8,17H,4-7H2,1H3,(H2,13,15). The minimum absolute atomic E-state index is 0.138. The number of pyridine rings is 1. The smallest absolute Gasteiger partial charge is 0.141 e. The molecule has 0 unspecified atom stereocenters. The second-order valence-corrected chi connectivity index (χ2v) is 3.66. The van der Waals surface area contributed by atoms with E-state index in [-0.39, 0.29) is 11.7 Å². The highest BCUT2D eigenvalue weighted by molar-refractivity contribution is 5.80. The van der Waals surface area contributed by atoms with Gasteiger partial charge in [0.2, 0.25) is 0 Å². The van der Waals surface area contributed by atoms with Gasteiger partial charge in [0.1, 0.15) is 17.5 Å². The molecule has 0 aliphatic rings. The van der Waals surface area contributed by atoms with E-state index in [9.17, 15) is 4.39 Å². The first-order chi connectivity index (χ1) is 8.67. The minimum atomic E-state index is -0.387. The molecule has 18 heavy (non-hydrogen) atoms. The molecule has 7 heteroatoms. The summed E-state index contributed by atoms with van der Waals surface area (Å²) in [4.78, 5) is 5.86. The van der Waals surface area contributed by atoms with Crippen LogP contribution < -0.4 is 10.6 Å². The average molecular weight is 256 g/mol. The zero-order valence-corrected chi connectivity index (χ0v) is 10.2. The van der Waals surface area contributed by atoms with Gasteiger partial charge in [-0.3, -0.25) is 0 Å². The molecular weight excluding hydrogens is 239 g/mol. The fourth-order valence-corrected chi connectivity index (χ4v) is 1.40. The van der Waals surface area contributed by atoms with Crippen LogP contribution >= 0.6 is 0 Å². The van der Waals surface area contributed by atoms with E-state index in [4.69, 9.17) is 15.7 Å². The molecular formula is C11H17FN4O2. The average Bonchev–Trinajstić information content (AvgIpc) is 2.40. The van der Waals surface area contributed by atoms with Crippen molar-refractivity contribution < 1.29 is 14.3 Å². The number of methoxy groups -OCH3 is 1. The largest absolute Gasteiger partial charge is 0.409 e. The van der Waals surface area contributed by atoms with E-state index >= 15 is 0 Å². The number of oxime groups is 1. The molecule has 100 valence electrons. The maximum Gasteiger partial charge on any atom is 0.141 e. The molecule has 1 heterocycles. The highest BCUT2D eigenvalue weighted by Gasteiger charge is 2.08. The van der Waals surface area contributed by atoms with Gasteiger partial charge >= 0.3 is 0 Å². The van der Waals surface area contributed by atoms with Crippen LogP contribution in [-0.2, 0) is 4.74 Å². The van der Waals surface area contributed by atoms with Gasteiger partial charge in [0.25, 0.3) is 0 Å². The first kappa shape index (κ1) is 14.2. The van der Waals surface area contributed by atoms with Crippen LogP contribution in [0.25, 0.3) is 0 Å². The molecule has 0 saturated carbocycles. The van der Waals surface area contributed by atoms with Crippen molar-refractivity contribution in [3.63, 3.8) is 0 Å². The number of nitrogens with two attached hydrogens (primary N) is 1. The molecule has 1 rings (SSSR count). The highest BCUT2D eigenvalue weighted by atomic mass is 19.1. The van der Waals surface area contributed by atoms with E-state index in [1.165, 1.54) is 6.07 Å². The van der Waals surface area contributed by atoms with Crippen LogP contribution in [0.1, 0.15) is 6.42 Å². The number of nitrogens with zero attached hydrogens (tertiary/aromatic N) is 3. The SMILES string of the molecule is COCCN(CC/C(N)=N/O)c1ccc(F)cn1. The van der Waals surface area contributed by atoms with Crippen LogP contribution in [-0.4, -0.2) is 42.8 Å². The van der Waals surface area contributed by atoms with Crippen LogP contribution in [0.3, 0.4) is 0 Å². The normalized spacial score (nSPS) is 11.6. The summed E-state index contributed by atoms with van der Waals surface area (Å²) in [7, 11) is 1.60. The lowest BCUT2D eigenvalue weighted by Crippen LogP contribution is -2.31. The molecule has 1 aromatic rings. The van der Waals surface area contributed by atoms with Crippen molar-refractivity contribution in [2.24, 2.45) is 10.9 Å². The van der Waals surface area contributed by atoms with E-state index in [2.05, 4.69) is 10.1 Å². The van der Waals surface area contributed by atoms with Crippen molar-refractivity contribution in [3.8, 4) is 0 Å². The molecule has 0 atom stereocenters. The fourth-order valence-electron chi connectivity index (χ4n) is 1.40. The third-order valence-corrected chi connectivity index (χ3v) is 2.37. The Morgan fingerprint density at radius 1 is 1.56 bits per heavy atom. The summed E-state index contributed by atoms with van der Waals surface area (Å²) in [5.41, 5.74) is 5.41. The van der Waals surface area contributed by atoms with Gasteiger partial charge < -0.3 is 20.6 Å². The van der Waals surface area contributed by atoms with E-state index in [0.717, 1.165) is 6.20 Å². The molecule has 0 fully saturated rings. The molecule has 1 aromatic heterocycles. The second kappa shape index (κ2) is 7.44. The maximum absolute atomic E-state index is 12.8. The van der Waals surface area contributed by atoms with Gasteiger partial charge in [-0.2, -0.15) is 0 Å². The third-order valence-electron chi connectivity index (χ3n) is 2.37. The van der Waals surface area contributed by atoms with Gasteiger partial charge in [0, 0.05) is 26.6 Å². The Balaban J connectivity index is 2.67. The number of hydrogen-bond donors (Lipinski definition) is 2. The van der Waals surface area contributed by atoms with Crippen LogP contribution in [0, 0.1) is 5.82 Å². The molecule has 0 bridgehead atoms. The van der Waals surface area contributed by atoms with Crippen molar-refractivity contribution in [1.82, 2.24) is 4.98 Å². The monoisotopic (exact) mass is 256 g/mol. The molecule has 0 spiro atoms. The van der Waals surface area contributed by atoms with E-state index < -0.39 is 0 Å². The number of hydrogen-bond acceptors (Lipinski definition) is 5. The number of ether oxygens (including phenoxy) is 1. The number of halogens is 1. The third kappa shape index (κ3) is 4.54. The predicted octanol–water partition coefficient (Wildman–Crippen LogP) is 0.810. The molecule has 0 aliphatic carbocycles. The first-order valence-corrected chi connectivity index (χ1v) is 5.49. The van der Waals surface area contributed by atoms with Gasteiger partial charge in [-0.05, 0) is 12.1 Å². The quantitative estimate of drug-likeness (QED) is 0.326. The van der Waals surface area contributed by atoms with E-state index in [1.807, 2.05) is 4.90 Å². The molecule has 6 nitrogen and oxygen atoms in total. The Morgan fingerprint density at radius 3 is 2.89 bits per heavy atom. The van der Waals surface area contributed by atoms with Gasteiger partial charge in [-0.15, -0.1) is 0 Å². The van der Waals surface area contributed by atoms with E-state index in [0.29, 0.717) is 31.9 Å². The lowest BCUT2D eigenvalue weighted by atomic mass is 10.3. The zero-order chi connectivity index (χ0) is 13.4. The Bertz CT molecular complexity index is 383. The van der Waals surface area contributed by atoms with Crippen LogP contribution in [0.5, 0.6) is 0 Å². The molecule has 0 aliphatic heterocycles. The van der Waals surface area contributed by atoms with Crippen LogP contribution in [0.15, 0.2) is 23.5 Å².